The molecule has 0 saturated heterocycles. The van der Waals surface area contributed by atoms with Gasteiger partial charge in [0.25, 0.3) is 0 Å². The number of halogens is 3. The summed E-state index contributed by atoms with van der Waals surface area (Å²) in [6.07, 6.45) is 5.80. The van der Waals surface area contributed by atoms with Gasteiger partial charge < -0.3 is 0 Å². The van der Waals surface area contributed by atoms with E-state index in [1.54, 1.807) is 10.7 Å². The lowest BCUT2D eigenvalue weighted by molar-refractivity contribution is 0.906. The summed E-state index contributed by atoms with van der Waals surface area (Å²) in [7, 11) is 0. The van der Waals surface area contributed by atoms with Crippen molar-refractivity contribution in [1.29, 1.82) is 0 Å². The lowest BCUT2D eigenvalue weighted by atomic mass is 10.0. The van der Waals surface area contributed by atoms with Crippen LogP contribution in [0.3, 0.4) is 0 Å². The highest BCUT2D eigenvalue weighted by Crippen LogP contribution is 2.32. The van der Waals surface area contributed by atoms with Crippen molar-refractivity contribution in [3.05, 3.63) is 131 Å². The number of imidazole rings is 2. The summed E-state index contributed by atoms with van der Waals surface area (Å²) in [5, 5.41) is 5.85. The van der Waals surface area contributed by atoms with Crippen molar-refractivity contribution in [2.45, 2.75) is 0 Å². The number of aromatic nitrogens is 3. The number of benzene rings is 4. The minimum Gasteiger partial charge on any atom is -0.282 e. The molecule has 6 rings (SSSR count). The van der Waals surface area contributed by atoms with E-state index in [0.717, 1.165) is 33.6 Å². The van der Waals surface area contributed by atoms with Crippen molar-refractivity contribution in [2.24, 2.45) is 5.10 Å². The summed E-state index contributed by atoms with van der Waals surface area (Å²) in [5.41, 5.74) is 6.94. The molecule has 2 heterocycles. The van der Waals surface area contributed by atoms with Crippen LogP contribution in [0.5, 0.6) is 0 Å². The molecule has 0 unspecified atom stereocenters. The van der Waals surface area contributed by atoms with Gasteiger partial charge in [-0.05, 0) is 34.9 Å². The summed E-state index contributed by atoms with van der Waals surface area (Å²) < 4.78 is 3.83. The first kappa shape index (κ1) is 25.0. The van der Waals surface area contributed by atoms with E-state index < -0.39 is 0 Å². The lowest BCUT2D eigenvalue weighted by Crippen LogP contribution is -1.90. The van der Waals surface area contributed by atoms with Crippen LogP contribution >= 0.6 is 40.2 Å². The fraction of sp³-hybridized carbons (Fsp3) is 0. The molecule has 0 aliphatic rings. The quantitative estimate of drug-likeness (QED) is 0.185. The zero-order chi connectivity index (χ0) is 24.5. The Bertz CT molecular complexity index is 1690. The number of fused-ring (bicyclic) bond motifs is 1. The molecule has 37 heavy (non-hydrogen) atoms. The van der Waals surface area contributed by atoms with Crippen LogP contribution in [0.25, 0.3) is 39.4 Å². The van der Waals surface area contributed by atoms with E-state index in [2.05, 4.69) is 36.4 Å². The van der Waals surface area contributed by atoms with E-state index in [1.165, 1.54) is 5.56 Å². The maximum Gasteiger partial charge on any atom is 0.236 e. The maximum atomic E-state index is 6.50. The van der Waals surface area contributed by atoms with E-state index in [1.807, 2.05) is 83.7 Å². The van der Waals surface area contributed by atoms with Gasteiger partial charge in [-0.3, -0.25) is 4.40 Å². The first-order valence-electron chi connectivity index (χ1n) is 11.5. The molecule has 4 aromatic carbocycles. The van der Waals surface area contributed by atoms with E-state index >= 15 is 0 Å². The zero-order valence-corrected chi connectivity index (χ0v) is 22.7. The normalized spacial score (nSPS) is 11.2. The third-order valence-corrected chi connectivity index (χ3v) is 6.57. The SMILES string of the molecule is Br.Clc1ccc(-c2cn3c(-c4ccc(-c5ccccc5)cc4)cn(/N=C/c4ccccc4)c3n2)c(Cl)c1. The number of nitrogens with zero attached hydrogens (tertiary/aromatic N) is 4. The molecule has 0 bridgehead atoms. The van der Waals surface area contributed by atoms with E-state index in [9.17, 15) is 0 Å². The lowest BCUT2D eigenvalue weighted by Gasteiger charge is -2.04. The largest absolute Gasteiger partial charge is 0.282 e. The standard InChI is InChI=1S/C30H20Cl2N4.BrH/c31-25-15-16-26(27(32)17-25)28-19-35-29(24-13-11-23(12-14-24)22-9-5-2-6-10-22)20-36(30(35)34-28)33-18-21-7-3-1-4-8-21;/h1-20H;1H/b33-18+;. The van der Waals surface area contributed by atoms with Crippen LogP contribution in [-0.4, -0.2) is 20.3 Å². The van der Waals surface area contributed by atoms with Gasteiger partial charge in [0.15, 0.2) is 0 Å². The predicted octanol–water partition coefficient (Wildman–Crippen LogP) is 8.90. The molecule has 0 saturated carbocycles. The Morgan fingerprint density at radius 2 is 1.35 bits per heavy atom. The zero-order valence-electron chi connectivity index (χ0n) is 19.5. The van der Waals surface area contributed by atoms with Gasteiger partial charge in [0, 0.05) is 22.3 Å². The molecule has 0 radical (unpaired) electrons. The van der Waals surface area contributed by atoms with Crippen LogP contribution < -0.4 is 0 Å². The molecule has 0 spiro atoms. The minimum atomic E-state index is 0. The Morgan fingerprint density at radius 1 is 0.703 bits per heavy atom. The Labute approximate surface area is 235 Å². The van der Waals surface area contributed by atoms with Gasteiger partial charge in [-0.2, -0.15) is 5.10 Å². The third kappa shape index (κ3) is 5.12. The van der Waals surface area contributed by atoms with E-state index in [-0.39, 0.29) is 17.0 Å². The van der Waals surface area contributed by atoms with E-state index in [4.69, 9.17) is 33.3 Å². The fourth-order valence-corrected chi connectivity index (χ4v) is 4.71. The van der Waals surface area contributed by atoms with Crippen LogP contribution in [-0.2, 0) is 0 Å². The topological polar surface area (TPSA) is 34.6 Å². The molecule has 7 heteroatoms. The van der Waals surface area contributed by atoms with Gasteiger partial charge >= 0.3 is 0 Å². The molecule has 4 nitrogen and oxygen atoms in total. The summed E-state index contributed by atoms with van der Waals surface area (Å²) in [5.74, 6) is 0.685. The number of hydrogen-bond donors (Lipinski definition) is 0. The highest BCUT2D eigenvalue weighted by molar-refractivity contribution is 8.93. The van der Waals surface area contributed by atoms with Crippen molar-refractivity contribution < 1.29 is 0 Å². The van der Waals surface area contributed by atoms with Crippen molar-refractivity contribution in [3.63, 3.8) is 0 Å². The average Bonchev–Trinajstić information content (AvgIpc) is 3.48. The van der Waals surface area contributed by atoms with Crippen LogP contribution in [0.4, 0.5) is 0 Å². The van der Waals surface area contributed by atoms with Crippen molar-refractivity contribution in [3.8, 4) is 33.6 Å². The maximum absolute atomic E-state index is 6.50. The second-order valence-corrected chi connectivity index (χ2v) is 9.22. The van der Waals surface area contributed by atoms with Gasteiger partial charge in [0.05, 0.1) is 28.8 Å². The monoisotopic (exact) mass is 586 g/mol. The van der Waals surface area contributed by atoms with Crippen LogP contribution in [0, 0.1) is 0 Å². The van der Waals surface area contributed by atoms with Gasteiger partial charge in [-0.25, -0.2) is 9.66 Å². The van der Waals surface area contributed by atoms with E-state index in [0.29, 0.717) is 15.8 Å². The fourth-order valence-electron chi connectivity index (χ4n) is 4.20. The Balaban J connectivity index is 0.00000280. The van der Waals surface area contributed by atoms with Crippen molar-refractivity contribution >= 4 is 52.2 Å². The first-order chi connectivity index (χ1) is 17.7. The molecule has 0 fully saturated rings. The second kappa shape index (κ2) is 10.8. The average molecular weight is 588 g/mol. The predicted molar refractivity (Wildman–Crippen MR) is 159 cm³/mol. The first-order valence-corrected chi connectivity index (χ1v) is 12.2. The summed E-state index contributed by atoms with van der Waals surface area (Å²) in [6, 6.07) is 34.3. The molecule has 6 aromatic rings. The van der Waals surface area contributed by atoms with Crippen LogP contribution in [0.15, 0.2) is 121 Å². The molecule has 0 aliphatic heterocycles. The molecular formula is C30H21BrCl2N4. The highest BCUT2D eigenvalue weighted by Gasteiger charge is 2.16. The summed E-state index contributed by atoms with van der Waals surface area (Å²) in [6.45, 7) is 0. The van der Waals surface area contributed by atoms with Crippen LogP contribution in [0.1, 0.15) is 5.56 Å². The Hall–Kier alpha value is -3.64. The summed E-state index contributed by atoms with van der Waals surface area (Å²) >= 11 is 12.6. The number of hydrogen-bond acceptors (Lipinski definition) is 2. The molecule has 0 aliphatic carbocycles. The number of rotatable bonds is 5. The second-order valence-electron chi connectivity index (χ2n) is 8.38. The molecular weight excluding hydrogens is 567 g/mol. The molecule has 0 amide bonds. The smallest absolute Gasteiger partial charge is 0.236 e. The van der Waals surface area contributed by atoms with Gasteiger partial charge in [-0.15, -0.1) is 17.0 Å². The van der Waals surface area contributed by atoms with Gasteiger partial charge in [0.2, 0.25) is 5.78 Å². The van der Waals surface area contributed by atoms with Crippen LogP contribution in [0.2, 0.25) is 10.0 Å². The van der Waals surface area contributed by atoms with Gasteiger partial charge in [0.1, 0.15) is 0 Å². The highest BCUT2D eigenvalue weighted by atomic mass is 79.9. The molecule has 0 atom stereocenters. The summed E-state index contributed by atoms with van der Waals surface area (Å²) in [4.78, 5) is 4.88. The molecule has 182 valence electrons. The van der Waals surface area contributed by atoms with Gasteiger partial charge in [-0.1, -0.05) is 108 Å². The Kier molecular flexibility index (Phi) is 7.28. The molecule has 2 aromatic heterocycles. The molecule has 0 N–H and O–H groups in total. The van der Waals surface area contributed by atoms with Crippen molar-refractivity contribution in [2.75, 3.05) is 0 Å². The van der Waals surface area contributed by atoms with Crippen molar-refractivity contribution in [1.82, 2.24) is 14.1 Å². The third-order valence-electron chi connectivity index (χ3n) is 6.02. The minimum absolute atomic E-state index is 0. The Morgan fingerprint density at radius 3 is 2.05 bits per heavy atom.